The number of halogens is 1. The summed E-state index contributed by atoms with van der Waals surface area (Å²) in [4.78, 5) is 36.3. The first-order valence-corrected chi connectivity index (χ1v) is 16.3. The van der Waals surface area contributed by atoms with Gasteiger partial charge in [-0.3, -0.25) is 0 Å². The van der Waals surface area contributed by atoms with Crippen molar-refractivity contribution in [3.63, 3.8) is 0 Å². The predicted octanol–water partition coefficient (Wildman–Crippen LogP) is 4.72. The molecule has 1 aliphatic carbocycles. The van der Waals surface area contributed by atoms with Crippen LogP contribution in [0.15, 0.2) is 71.9 Å². The van der Waals surface area contributed by atoms with Gasteiger partial charge in [0.2, 0.25) is 5.95 Å². The van der Waals surface area contributed by atoms with Gasteiger partial charge in [-0.05, 0) is 43.9 Å². The van der Waals surface area contributed by atoms with Crippen molar-refractivity contribution in [3.05, 3.63) is 72.0 Å². The van der Waals surface area contributed by atoms with Crippen LogP contribution in [0.25, 0.3) is 22.2 Å². The predicted molar refractivity (Wildman–Crippen MR) is 166 cm³/mol. The zero-order chi connectivity index (χ0) is 30.8. The zero-order valence-corrected chi connectivity index (χ0v) is 25.3. The summed E-state index contributed by atoms with van der Waals surface area (Å²) in [6.45, 7) is 1.31. The van der Waals surface area contributed by atoms with Crippen LogP contribution < -0.4 is 10.6 Å². The third kappa shape index (κ3) is 6.02. The Morgan fingerprint density at radius 2 is 1.61 bits per heavy atom. The van der Waals surface area contributed by atoms with E-state index in [-0.39, 0.29) is 28.0 Å². The molecule has 2 aromatic heterocycles. The van der Waals surface area contributed by atoms with Crippen molar-refractivity contribution < 1.29 is 23.1 Å². The summed E-state index contributed by atoms with van der Waals surface area (Å²) in [6.07, 6.45) is 5.33. The molecular weight excluding hydrogens is 606 g/mol. The van der Waals surface area contributed by atoms with Crippen LogP contribution in [-0.4, -0.2) is 87.7 Å². The molecule has 3 N–H and O–H groups in total. The maximum atomic E-state index is 13.6. The van der Waals surface area contributed by atoms with Crippen LogP contribution in [0.5, 0.6) is 0 Å². The number of amides is 3. The van der Waals surface area contributed by atoms with E-state index in [9.17, 15) is 18.0 Å². The summed E-state index contributed by atoms with van der Waals surface area (Å²) in [5.74, 6) is 0.355. The second-order valence-corrected chi connectivity index (χ2v) is 13.2. The Kier molecular flexibility index (Phi) is 8.32. The summed E-state index contributed by atoms with van der Waals surface area (Å²) in [5.41, 5.74) is 1.47. The quantitative estimate of drug-likeness (QED) is 0.275. The molecule has 0 radical (unpaired) electrons. The lowest BCUT2D eigenvalue weighted by molar-refractivity contribution is 0.110. The molecule has 3 amide bonds. The lowest BCUT2D eigenvalue weighted by atomic mass is 9.91. The number of para-hydroxylation sites is 1. The number of carboxylic acid groups (broad SMARTS) is 1. The van der Waals surface area contributed by atoms with E-state index >= 15 is 0 Å². The summed E-state index contributed by atoms with van der Waals surface area (Å²) in [5, 5.41) is 16.6. The van der Waals surface area contributed by atoms with E-state index in [2.05, 4.69) is 15.6 Å². The molecular formula is C30H32ClN7O5S. The number of urea groups is 1. The van der Waals surface area contributed by atoms with E-state index in [1.54, 1.807) is 53.6 Å². The fraction of sp³-hybridized carbons (Fsp3) is 0.333. The molecule has 1 aliphatic heterocycles. The standard InChI is InChI=1S/C30H32ClN7O5S/c31-25-18-32-28(33-20-7-6-8-21(17-20)34-29(39)36-13-15-37(16-14-36)30(40)41)35-27(25)24-19-38(26-12-5-4-11-23(24)26)44(42,43)22-9-2-1-3-10-22/h1-5,9-12,18-21H,6-8,13-17H2,(H,34,39)(H,40,41)(H,32,33,35)/t20-,21?/m1/s1. The second kappa shape index (κ2) is 12.3. The van der Waals surface area contributed by atoms with E-state index in [0.717, 1.165) is 19.3 Å². The highest BCUT2D eigenvalue weighted by molar-refractivity contribution is 7.90. The lowest BCUT2D eigenvalue weighted by Gasteiger charge is -2.36. The van der Waals surface area contributed by atoms with Crippen molar-refractivity contribution in [2.45, 2.75) is 42.7 Å². The van der Waals surface area contributed by atoms with Gasteiger partial charge >= 0.3 is 12.1 Å². The number of nitrogens with one attached hydrogen (secondary N) is 2. The van der Waals surface area contributed by atoms with Gasteiger partial charge in [-0.25, -0.2) is 31.9 Å². The van der Waals surface area contributed by atoms with Crippen molar-refractivity contribution >= 4 is 50.6 Å². The maximum absolute atomic E-state index is 13.6. The summed E-state index contributed by atoms with van der Waals surface area (Å²) in [7, 11) is -3.88. The third-order valence-electron chi connectivity index (χ3n) is 8.15. The smallest absolute Gasteiger partial charge is 0.407 e. The van der Waals surface area contributed by atoms with Crippen LogP contribution in [-0.2, 0) is 10.0 Å². The highest BCUT2D eigenvalue weighted by Gasteiger charge is 2.29. The average Bonchev–Trinajstić information content (AvgIpc) is 3.43. The number of hydrogen-bond acceptors (Lipinski definition) is 7. The molecule has 12 nitrogen and oxygen atoms in total. The molecule has 44 heavy (non-hydrogen) atoms. The SMILES string of the molecule is O=C(O)N1CCN(C(=O)NC2CCC[C@@H](Nc3ncc(Cl)c(-c4cn(S(=O)(=O)c5ccccc5)c5ccccc45)n3)C2)CC1. The van der Waals surface area contributed by atoms with Gasteiger partial charge < -0.3 is 25.5 Å². The molecule has 0 spiro atoms. The molecule has 6 rings (SSSR count). The number of hydrogen-bond donors (Lipinski definition) is 3. The number of aromatic nitrogens is 3. The summed E-state index contributed by atoms with van der Waals surface area (Å²) >= 11 is 6.60. The maximum Gasteiger partial charge on any atom is 0.407 e. The molecule has 230 valence electrons. The summed E-state index contributed by atoms with van der Waals surface area (Å²) in [6, 6.07) is 15.2. The van der Waals surface area contributed by atoms with E-state index < -0.39 is 16.1 Å². The number of piperazine rings is 1. The summed E-state index contributed by atoms with van der Waals surface area (Å²) < 4.78 is 28.4. The van der Waals surface area contributed by atoms with Gasteiger partial charge in [0, 0.05) is 55.4 Å². The Morgan fingerprint density at radius 3 is 2.36 bits per heavy atom. The molecule has 1 saturated heterocycles. The Bertz CT molecular complexity index is 1790. The van der Waals surface area contributed by atoms with E-state index in [4.69, 9.17) is 21.7 Å². The first-order chi connectivity index (χ1) is 21.2. The Morgan fingerprint density at radius 1 is 0.932 bits per heavy atom. The van der Waals surface area contributed by atoms with Gasteiger partial charge in [0.1, 0.15) is 0 Å². The molecule has 2 atom stereocenters. The minimum Gasteiger partial charge on any atom is -0.465 e. The molecule has 0 bridgehead atoms. The molecule has 1 unspecified atom stereocenters. The van der Waals surface area contributed by atoms with Gasteiger partial charge in [-0.1, -0.05) is 48.0 Å². The minimum atomic E-state index is -3.88. The first kappa shape index (κ1) is 29.7. The van der Waals surface area contributed by atoms with Gasteiger partial charge in [0.25, 0.3) is 10.0 Å². The first-order valence-electron chi connectivity index (χ1n) is 14.4. The fourth-order valence-electron chi connectivity index (χ4n) is 5.87. The van der Waals surface area contributed by atoms with E-state index in [1.807, 2.05) is 12.1 Å². The number of carbonyl (C=O) groups excluding carboxylic acids is 1. The molecule has 4 aromatic rings. The molecule has 1 saturated carbocycles. The molecule has 2 fully saturated rings. The zero-order valence-electron chi connectivity index (χ0n) is 23.8. The van der Waals surface area contributed by atoms with Crippen molar-refractivity contribution in [3.8, 4) is 11.3 Å². The van der Waals surface area contributed by atoms with Crippen molar-refractivity contribution in [1.82, 2.24) is 29.1 Å². The number of benzene rings is 2. The van der Waals surface area contributed by atoms with Crippen LogP contribution >= 0.6 is 11.6 Å². The highest BCUT2D eigenvalue weighted by Crippen LogP contribution is 2.36. The number of anilines is 1. The Labute approximate surface area is 259 Å². The number of nitrogens with zero attached hydrogens (tertiary/aromatic N) is 5. The van der Waals surface area contributed by atoms with Crippen LogP contribution in [0, 0.1) is 0 Å². The van der Waals surface area contributed by atoms with Gasteiger partial charge in [-0.2, -0.15) is 0 Å². The average molecular weight is 638 g/mol. The van der Waals surface area contributed by atoms with Crippen LogP contribution in [0.4, 0.5) is 15.5 Å². The van der Waals surface area contributed by atoms with Crippen molar-refractivity contribution in [2.75, 3.05) is 31.5 Å². The monoisotopic (exact) mass is 637 g/mol. The Balaban J connectivity index is 1.19. The highest BCUT2D eigenvalue weighted by atomic mass is 35.5. The van der Waals surface area contributed by atoms with Gasteiger partial charge in [0.05, 0.1) is 27.3 Å². The van der Waals surface area contributed by atoms with Crippen LogP contribution in [0.2, 0.25) is 5.02 Å². The van der Waals surface area contributed by atoms with Gasteiger partial charge in [0.15, 0.2) is 0 Å². The van der Waals surface area contributed by atoms with Crippen LogP contribution in [0.3, 0.4) is 0 Å². The number of rotatable bonds is 6. The number of fused-ring (bicyclic) bond motifs is 1. The lowest BCUT2D eigenvalue weighted by Crippen LogP contribution is -2.55. The van der Waals surface area contributed by atoms with Crippen LogP contribution in [0.1, 0.15) is 25.7 Å². The second-order valence-electron chi connectivity index (χ2n) is 11.0. The normalized spacial score (nSPS) is 19.1. The van der Waals surface area contributed by atoms with Crippen molar-refractivity contribution in [2.24, 2.45) is 0 Å². The van der Waals surface area contributed by atoms with E-state index in [1.165, 1.54) is 15.1 Å². The molecule has 2 aliphatic rings. The minimum absolute atomic E-state index is 0.00765. The molecule has 2 aromatic carbocycles. The topological polar surface area (TPSA) is 150 Å². The van der Waals surface area contributed by atoms with E-state index in [0.29, 0.717) is 60.7 Å². The Hall–Kier alpha value is -4.36. The van der Waals surface area contributed by atoms with Crippen molar-refractivity contribution in [1.29, 1.82) is 0 Å². The fourth-order valence-corrected chi connectivity index (χ4v) is 7.45. The number of carbonyl (C=O) groups is 2. The largest absolute Gasteiger partial charge is 0.465 e. The van der Waals surface area contributed by atoms with Gasteiger partial charge in [-0.15, -0.1) is 0 Å². The third-order valence-corrected chi connectivity index (χ3v) is 10.1. The molecule has 14 heteroatoms. The molecule has 3 heterocycles.